The number of anilines is 1. The number of rotatable bonds is 6. The van der Waals surface area contributed by atoms with Gasteiger partial charge in [0.05, 0.1) is 49.0 Å². The first-order valence-electron chi connectivity index (χ1n) is 11.8. The number of carbonyl (C=O) groups excluding carboxylic acids is 3. The van der Waals surface area contributed by atoms with Crippen LogP contribution in [-0.4, -0.2) is 57.1 Å². The number of imidazole rings is 1. The first kappa shape index (κ1) is 33.0. The van der Waals surface area contributed by atoms with E-state index in [1.54, 1.807) is 68.0 Å². The van der Waals surface area contributed by atoms with Gasteiger partial charge in [0.1, 0.15) is 17.5 Å². The normalized spacial score (nSPS) is 9.35. The molecular weight excluding hydrogens is 540 g/mol. The second-order valence-corrected chi connectivity index (χ2v) is 7.22. The molecule has 0 fully saturated rings. The highest BCUT2D eigenvalue weighted by Gasteiger charge is 2.12. The second kappa shape index (κ2) is 17.5. The minimum absolute atomic E-state index is 0. The summed E-state index contributed by atoms with van der Waals surface area (Å²) in [5.41, 5.74) is 7.39. The van der Waals surface area contributed by atoms with Crippen LogP contribution in [0.4, 0.5) is 5.82 Å². The van der Waals surface area contributed by atoms with Crippen LogP contribution in [-0.2, 0) is 14.2 Å². The van der Waals surface area contributed by atoms with Gasteiger partial charge in [-0.3, -0.25) is 0 Å². The highest BCUT2D eigenvalue weighted by molar-refractivity contribution is 5.96. The lowest BCUT2D eigenvalue weighted by molar-refractivity contribution is 0.0516. The summed E-state index contributed by atoms with van der Waals surface area (Å²) in [5.74, 6) is -1.04. The number of carbonyl (C=O) groups is 3. The van der Waals surface area contributed by atoms with Crippen LogP contribution in [0.15, 0.2) is 67.5 Å². The Morgan fingerprint density at radius 1 is 0.850 bits per heavy atom. The fourth-order valence-electron chi connectivity index (χ4n) is 3.00. The largest absolute Gasteiger partial charge is 0.462 e. The van der Waals surface area contributed by atoms with E-state index in [9.17, 15) is 14.4 Å². The molecule has 4 aromatic rings. The molecule has 0 atom stereocenters. The zero-order valence-corrected chi connectivity index (χ0v) is 23.0. The Morgan fingerprint density at radius 2 is 1.38 bits per heavy atom. The standard InChI is InChI=1S/C10H10N2O2.C9H8N2O2.C8H10N2O2.ClH/c1-2-14-10(13)8-4-3-5-12-7-11-6-9(8)12;1-2-13-9(12)7-4-3-5-11-8(7)6-10;1-2-12-8(11)6-4-3-5-10-7(6)9;/h3-7H,2H2,1H3;3-5H,2H2,1H3;3-5H,2H2,1H3,(H2,9,10);1H. The molecule has 0 aliphatic heterocycles. The van der Waals surface area contributed by atoms with Gasteiger partial charge in [0.2, 0.25) is 0 Å². The van der Waals surface area contributed by atoms with Crippen LogP contribution in [0.3, 0.4) is 0 Å². The van der Waals surface area contributed by atoms with Crippen molar-refractivity contribution in [2.45, 2.75) is 20.8 Å². The number of ether oxygens (including phenoxy) is 3. The maximum Gasteiger partial charge on any atom is 0.341 e. The third-order valence-electron chi connectivity index (χ3n) is 4.69. The van der Waals surface area contributed by atoms with Crippen molar-refractivity contribution in [3.63, 3.8) is 0 Å². The van der Waals surface area contributed by atoms with Crippen LogP contribution >= 0.6 is 12.4 Å². The molecule has 0 aliphatic rings. The van der Waals surface area contributed by atoms with E-state index >= 15 is 0 Å². The van der Waals surface area contributed by atoms with Crippen LogP contribution in [0.5, 0.6) is 0 Å². The Balaban J connectivity index is 0.000000297. The summed E-state index contributed by atoms with van der Waals surface area (Å²) in [4.78, 5) is 45.3. The van der Waals surface area contributed by atoms with Gasteiger partial charge in [-0.05, 0) is 57.2 Å². The van der Waals surface area contributed by atoms with Gasteiger partial charge in [-0.1, -0.05) is 0 Å². The number of aromatic nitrogens is 4. The summed E-state index contributed by atoms with van der Waals surface area (Å²) in [6.45, 7) is 6.25. The van der Waals surface area contributed by atoms with E-state index in [0.717, 1.165) is 5.52 Å². The molecule has 0 saturated heterocycles. The van der Waals surface area contributed by atoms with Crippen LogP contribution in [0.2, 0.25) is 0 Å². The Bertz CT molecular complexity index is 1450. The smallest absolute Gasteiger partial charge is 0.341 e. The summed E-state index contributed by atoms with van der Waals surface area (Å²) >= 11 is 0. The fourth-order valence-corrected chi connectivity index (χ4v) is 3.00. The van der Waals surface area contributed by atoms with Gasteiger partial charge in [0, 0.05) is 18.6 Å². The minimum Gasteiger partial charge on any atom is -0.462 e. The molecule has 40 heavy (non-hydrogen) atoms. The minimum atomic E-state index is -0.507. The van der Waals surface area contributed by atoms with Crippen molar-refractivity contribution in [2.24, 2.45) is 0 Å². The highest BCUT2D eigenvalue weighted by atomic mass is 35.5. The molecular formula is C27H29ClN6O6. The number of nitrogen functional groups attached to an aromatic ring is 1. The van der Waals surface area contributed by atoms with E-state index in [0.29, 0.717) is 30.9 Å². The number of hydrogen-bond acceptors (Lipinski definition) is 11. The number of nitrogens with zero attached hydrogens (tertiary/aromatic N) is 5. The number of nitriles is 1. The number of pyridine rings is 3. The summed E-state index contributed by atoms with van der Waals surface area (Å²) < 4.78 is 16.2. The van der Waals surface area contributed by atoms with E-state index in [1.165, 1.54) is 18.5 Å². The Kier molecular flexibility index (Phi) is 14.4. The van der Waals surface area contributed by atoms with Gasteiger partial charge in [-0.25, -0.2) is 29.3 Å². The summed E-state index contributed by atoms with van der Waals surface area (Å²) in [5, 5.41) is 8.62. The van der Waals surface area contributed by atoms with Crippen molar-refractivity contribution >= 4 is 41.6 Å². The zero-order valence-electron chi connectivity index (χ0n) is 22.1. The van der Waals surface area contributed by atoms with Gasteiger partial charge in [-0.15, -0.1) is 12.4 Å². The zero-order chi connectivity index (χ0) is 28.6. The van der Waals surface area contributed by atoms with Gasteiger partial charge >= 0.3 is 17.9 Å². The summed E-state index contributed by atoms with van der Waals surface area (Å²) in [6.07, 6.45) is 8.12. The molecule has 0 amide bonds. The van der Waals surface area contributed by atoms with Crippen LogP contribution in [0.1, 0.15) is 57.5 Å². The Labute approximate surface area is 237 Å². The van der Waals surface area contributed by atoms with Crippen LogP contribution in [0.25, 0.3) is 5.52 Å². The van der Waals surface area contributed by atoms with Crippen LogP contribution in [0, 0.1) is 11.3 Å². The number of hydrogen-bond donors (Lipinski definition) is 1. The van der Waals surface area contributed by atoms with Crippen molar-refractivity contribution in [3.05, 3.63) is 89.9 Å². The van der Waals surface area contributed by atoms with E-state index in [2.05, 4.69) is 15.0 Å². The highest BCUT2D eigenvalue weighted by Crippen LogP contribution is 2.11. The molecule has 0 spiro atoms. The number of fused-ring (bicyclic) bond motifs is 1. The van der Waals surface area contributed by atoms with Gasteiger partial charge < -0.3 is 24.3 Å². The molecule has 0 bridgehead atoms. The lowest BCUT2D eigenvalue weighted by Crippen LogP contribution is -2.08. The average molecular weight is 569 g/mol. The Hall–Kier alpha value is -5.02. The SMILES string of the molecule is CCOC(=O)c1cccn2cncc12.CCOC(=O)c1cccnc1C#N.CCOC(=O)c1cccnc1N.Cl. The topological polar surface area (TPSA) is 172 Å². The molecule has 0 saturated carbocycles. The number of nitrogens with two attached hydrogens (primary N) is 1. The van der Waals surface area contributed by atoms with Gasteiger partial charge in [-0.2, -0.15) is 5.26 Å². The molecule has 13 heteroatoms. The van der Waals surface area contributed by atoms with Crippen molar-refractivity contribution in [1.29, 1.82) is 5.26 Å². The number of esters is 3. The maximum atomic E-state index is 11.5. The molecule has 0 unspecified atom stereocenters. The summed E-state index contributed by atoms with van der Waals surface area (Å²) in [6, 6.07) is 11.7. The van der Waals surface area contributed by atoms with E-state index < -0.39 is 11.9 Å². The fraction of sp³-hybridized carbons (Fsp3) is 0.222. The van der Waals surface area contributed by atoms with Gasteiger partial charge in [0.15, 0.2) is 5.69 Å². The van der Waals surface area contributed by atoms with Crippen molar-refractivity contribution in [1.82, 2.24) is 19.4 Å². The van der Waals surface area contributed by atoms with Crippen molar-refractivity contribution in [2.75, 3.05) is 25.6 Å². The number of halogens is 1. The Morgan fingerprint density at radius 3 is 1.95 bits per heavy atom. The molecule has 4 aromatic heterocycles. The monoisotopic (exact) mass is 568 g/mol. The molecule has 0 aromatic carbocycles. The first-order chi connectivity index (χ1) is 18.9. The van der Waals surface area contributed by atoms with Crippen molar-refractivity contribution in [3.8, 4) is 6.07 Å². The third kappa shape index (κ3) is 9.38. The first-order valence-corrected chi connectivity index (χ1v) is 11.8. The lowest BCUT2D eigenvalue weighted by Gasteiger charge is -2.02. The molecule has 0 aliphatic carbocycles. The molecule has 2 N–H and O–H groups in total. The van der Waals surface area contributed by atoms with E-state index in [-0.39, 0.29) is 35.5 Å². The molecule has 210 valence electrons. The predicted molar refractivity (Wildman–Crippen MR) is 148 cm³/mol. The molecule has 12 nitrogen and oxygen atoms in total. The van der Waals surface area contributed by atoms with E-state index in [1.807, 2.05) is 12.3 Å². The van der Waals surface area contributed by atoms with E-state index in [4.69, 9.17) is 25.2 Å². The second-order valence-electron chi connectivity index (χ2n) is 7.22. The molecule has 4 rings (SSSR count). The maximum absolute atomic E-state index is 11.5. The lowest BCUT2D eigenvalue weighted by atomic mass is 10.2. The summed E-state index contributed by atoms with van der Waals surface area (Å²) in [7, 11) is 0. The molecule has 4 heterocycles. The third-order valence-corrected chi connectivity index (χ3v) is 4.69. The predicted octanol–water partition coefficient (Wildman–Crippen LogP) is 3.90. The quantitative estimate of drug-likeness (QED) is 0.264. The molecule has 0 radical (unpaired) electrons. The van der Waals surface area contributed by atoms with Crippen molar-refractivity contribution < 1.29 is 28.6 Å². The van der Waals surface area contributed by atoms with Crippen LogP contribution < -0.4 is 5.73 Å². The van der Waals surface area contributed by atoms with Gasteiger partial charge in [0.25, 0.3) is 0 Å². The average Bonchev–Trinajstić information content (AvgIpc) is 3.43.